The van der Waals surface area contributed by atoms with Gasteiger partial charge in [-0.15, -0.1) is 0 Å². The predicted molar refractivity (Wildman–Crippen MR) is 61.6 cm³/mol. The third kappa shape index (κ3) is 4.18. The van der Waals surface area contributed by atoms with Crippen LogP contribution in [0.3, 0.4) is 0 Å². The van der Waals surface area contributed by atoms with Gasteiger partial charge in [0.25, 0.3) is 0 Å². The molecule has 1 atom stereocenters. The van der Waals surface area contributed by atoms with Gasteiger partial charge in [0, 0.05) is 0 Å². The van der Waals surface area contributed by atoms with Gasteiger partial charge in [-0.2, -0.15) is 0 Å². The van der Waals surface area contributed by atoms with Crippen LogP contribution in [0.5, 0.6) is 0 Å². The first-order valence-electron chi connectivity index (χ1n) is 3.35. The van der Waals surface area contributed by atoms with Crippen molar-refractivity contribution >= 4 is 34.5 Å². The van der Waals surface area contributed by atoms with Gasteiger partial charge in [-0.25, -0.2) is 0 Å². The molecule has 1 fully saturated rings. The molecule has 0 aliphatic carbocycles. The summed E-state index contributed by atoms with van der Waals surface area (Å²) in [6.45, 7) is 1.47. The first kappa shape index (κ1) is 10.4. The van der Waals surface area contributed by atoms with Crippen molar-refractivity contribution in [2.75, 3.05) is 29.3 Å². The molecule has 1 unspecified atom stereocenters. The van der Waals surface area contributed by atoms with Crippen molar-refractivity contribution in [2.45, 2.75) is 0 Å². The van der Waals surface area contributed by atoms with Gasteiger partial charge in [-0.3, -0.25) is 0 Å². The molecule has 0 aromatic carbocycles. The number of rotatable bonds is 0. The second-order valence-corrected chi connectivity index (χ2v) is 14.2. The van der Waals surface area contributed by atoms with Gasteiger partial charge >= 0.3 is 84.5 Å². The Hall–Kier alpha value is 1.30. The van der Waals surface area contributed by atoms with E-state index < -0.39 is 15.8 Å². The van der Waals surface area contributed by atoms with E-state index in [0.717, 1.165) is 6.61 Å². The number of hydroxylamine groups is 1. The van der Waals surface area contributed by atoms with Crippen LogP contribution in [-0.4, -0.2) is 34.2 Å². The summed E-state index contributed by atoms with van der Waals surface area (Å²) in [5, 5.41) is 0.424. The van der Waals surface area contributed by atoms with Crippen LogP contribution in [0.25, 0.3) is 5.84 Å². The number of nitrogens with one attached hydrogen (secondary N) is 2. The van der Waals surface area contributed by atoms with Gasteiger partial charge < -0.3 is 0 Å². The molecule has 68 valence electrons. The van der Waals surface area contributed by atoms with E-state index >= 15 is 0 Å². The van der Waals surface area contributed by atoms with E-state index in [4.69, 9.17) is 10.7 Å². The van der Waals surface area contributed by atoms with E-state index in [9.17, 15) is 0 Å². The van der Waals surface area contributed by atoms with Crippen molar-refractivity contribution in [2.24, 2.45) is 0 Å². The molecular formula is C5H13I2N3O. The molecule has 1 rings (SSSR count). The Labute approximate surface area is 83.9 Å². The third-order valence-corrected chi connectivity index (χ3v) is 9.29. The monoisotopic (exact) mass is 385 g/mol. The van der Waals surface area contributed by atoms with E-state index in [-0.39, 0.29) is 0 Å². The fraction of sp³-hybridized carbons (Fsp3) is 1.00. The zero-order chi connectivity index (χ0) is 8.27. The predicted octanol–water partition coefficient (Wildman–Crippen LogP) is 0.487. The van der Waals surface area contributed by atoms with Gasteiger partial charge in [0.15, 0.2) is 0 Å². The number of hydrogen-bond donors (Lipinski definition) is 1. The second kappa shape index (κ2) is 5.12. The topological polar surface area (TPSA) is 40.7 Å². The van der Waals surface area contributed by atoms with Crippen LogP contribution in [0.2, 0.25) is 0 Å². The molecule has 0 saturated carbocycles. The van der Waals surface area contributed by atoms with Gasteiger partial charge in [0.2, 0.25) is 0 Å². The van der Waals surface area contributed by atoms with Crippen LogP contribution in [0.1, 0.15) is 0 Å². The van der Waals surface area contributed by atoms with Crippen LogP contribution in [0.4, 0.5) is 0 Å². The van der Waals surface area contributed by atoms with E-state index in [1.54, 1.807) is 0 Å². The maximum absolute atomic E-state index is 7.37. The molecule has 0 radical (unpaired) electrons. The quantitative estimate of drug-likeness (QED) is 0.375. The molecule has 0 aromatic rings. The standard InChI is InChI=1S/C5H13I2N3O/c1-9-4-7(6)2-3-11-10(8)5-9/h8,10H,2-5H2,1H3. The number of nitrogens with zero attached hydrogens (tertiary/aromatic N) is 1. The zero-order valence-corrected chi connectivity index (χ0v) is 10.8. The number of hydrogen-bond acceptors (Lipinski definition) is 2. The number of halogens is 2. The van der Waals surface area contributed by atoms with Crippen molar-refractivity contribution in [1.29, 1.82) is 0 Å². The molecule has 4 nitrogen and oxygen atoms in total. The molecule has 0 amide bonds. The Morgan fingerprint density at radius 3 is 3.18 bits per heavy atom. The molecule has 1 heterocycles. The maximum atomic E-state index is 7.37. The van der Waals surface area contributed by atoms with Gasteiger partial charge in [0.1, 0.15) is 0 Å². The van der Waals surface area contributed by atoms with Gasteiger partial charge in [0.05, 0.1) is 0 Å². The van der Waals surface area contributed by atoms with Gasteiger partial charge in [-0.1, -0.05) is 0 Å². The van der Waals surface area contributed by atoms with Crippen LogP contribution in [0.15, 0.2) is 0 Å². The molecule has 11 heavy (non-hydrogen) atoms. The summed E-state index contributed by atoms with van der Waals surface area (Å²) >= 11 is 1.85. The summed E-state index contributed by atoms with van der Waals surface area (Å²) < 4.78 is 2.42. The molecule has 0 bridgehead atoms. The number of quaternary nitrogens is 1. The summed E-state index contributed by atoms with van der Waals surface area (Å²) in [7, 11) is 2.06. The molecule has 1 aliphatic rings. The Bertz CT molecular complexity index is 114. The van der Waals surface area contributed by atoms with Crippen LogP contribution >= 0.6 is 34.5 Å². The fourth-order valence-corrected chi connectivity index (χ4v) is 7.47. The van der Waals surface area contributed by atoms with Crippen molar-refractivity contribution < 1.29 is 10.0 Å². The van der Waals surface area contributed by atoms with E-state index in [2.05, 4.69) is 30.6 Å². The Balaban J connectivity index is 2.34. The third-order valence-electron chi connectivity index (χ3n) is 1.31. The van der Waals surface area contributed by atoms with E-state index in [0.29, 0.717) is 11.8 Å². The minimum absolute atomic E-state index is 0.424. The number of alkyl halides is 2. The zero-order valence-electron chi connectivity index (χ0n) is 6.44. The summed E-state index contributed by atoms with van der Waals surface area (Å²) in [6, 6.07) is 0. The SMILES string of the molecule is CN1C[NH+]([NH-])OCCI(I)C1. The van der Waals surface area contributed by atoms with Crippen LogP contribution in [0, 0.1) is 0 Å². The first-order valence-corrected chi connectivity index (χ1v) is 12.7. The average Bonchev–Trinajstić information content (AvgIpc) is 1.83. The van der Waals surface area contributed by atoms with E-state index in [1.807, 2.05) is 0 Å². The van der Waals surface area contributed by atoms with Crippen molar-refractivity contribution in [3.05, 3.63) is 5.84 Å². The van der Waals surface area contributed by atoms with Crippen molar-refractivity contribution in [3.8, 4) is 0 Å². The average molecular weight is 385 g/mol. The normalized spacial score (nSPS) is 33.0. The second-order valence-electron chi connectivity index (χ2n) is 2.49. The molecule has 0 spiro atoms. The summed E-state index contributed by atoms with van der Waals surface area (Å²) in [5.74, 6) is 7.37. The van der Waals surface area contributed by atoms with Gasteiger partial charge in [-0.05, 0) is 0 Å². The molecule has 6 heteroatoms. The molecule has 0 aromatic heterocycles. The minimum atomic E-state index is -0.738. The van der Waals surface area contributed by atoms with Crippen molar-refractivity contribution in [1.82, 2.24) is 4.90 Å². The Morgan fingerprint density at radius 2 is 2.45 bits per heavy atom. The Morgan fingerprint density at radius 1 is 1.73 bits per heavy atom. The summed E-state index contributed by atoms with van der Waals surface area (Å²) in [6.07, 6.45) is 0. The molecule has 1 saturated heterocycles. The van der Waals surface area contributed by atoms with Crippen LogP contribution in [-0.2, 0) is 4.84 Å². The summed E-state index contributed by atoms with van der Waals surface area (Å²) in [5.41, 5.74) is 0. The van der Waals surface area contributed by atoms with Crippen molar-refractivity contribution in [3.63, 3.8) is 0 Å². The fourth-order valence-electron chi connectivity index (χ4n) is 0.860. The van der Waals surface area contributed by atoms with E-state index in [1.165, 1.54) is 8.98 Å². The Kier molecular flexibility index (Phi) is 4.83. The molecule has 2 N–H and O–H groups in total. The molecule has 1 aliphatic heterocycles. The van der Waals surface area contributed by atoms with Crippen LogP contribution < -0.4 is 5.17 Å². The first-order chi connectivity index (χ1) is 5.18. The molecular weight excluding hydrogens is 372 g/mol. The summed E-state index contributed by atoms with van der Waals surface area (Å²) in [4.78, 5) is 7.39.